The Kier molecular flexibility index (Phi) is 9.58. The van der Waals surface area contributed by atoms with E-state index < -0.39 is 0 Å². The summed E-state index contributed by atoms with van der Waals surface area (Å²) in [5.74, 6) is 2.65. The summed E-state index contributed by atoms with van der Waals surface area (Å²) in [6.45, 7) is 7.77. The first kappa shape index (κ1) is 22.5. The maximum atomic E-state index is 5.27. The van der Waals surface area contributed by atoms with Crippen LogP contribution in [0.5, 0.6) is 5.75 Å². The van der Waals surface area contributed by atoms with Crippen molar-refractivity contribution in [1.29, 1.82) is 0 Å². The van der Waals surface area contributed by atoms with E-state index in [1.807, 2.05) is 19.2 Å². The average molecular weight is 390 g/mol. The number of likely N-dealkylation sites (N-methyl/N-ethyl adjacent to an activating group) is 1. The van der Waals surface area contributed by atoms with Crippen molar-refractivity contribution in [3.05, 3.63) is 29.8 Å². The molecule has 0 bridgehead atoms. The van der Waals surface area contributed by atoms with E-state index >= 15 is 0 Å². The molecular weight excluding hydrogens is 350 g/mol. The molecule has 0 radical (unpaired) electrons. The molecule has 1 unspecified atom stereocenters. The number of hydrogen-bond donors (Lipinski definition) is 2. The molecule has 6 nitrogen and oxygen atoms in total. The fourth-order valence-corrected chi connectivity index (χ4v) is 3.63. The molecule has 2 rings (SSSR count). The highest BCUT2D eigenvalue weighted by atomic mass is 16.5. The topological polar surface area (TPSA) is 52.1 Å². The second-order valence-corrected chi connectivity index (χ2v) is 8.01. The van der Waals surface area contributed by atoms with Crippen LogP contribution in [-0.2, 0) is 0 Å². The van der Waals surface area contributed by atoms with E-state index in [1.54, 1.807) is 7.11 Å². The van der Waals surface area contributed by atoms with Gasteiger partial charge in [0.15, 0.2) is 5.96 Å². The van der Waals surface area contributed by atoms with Gasteiger partial charge in [-0.25, -0.2) is 0 Å². The van der Waals surface area contributed by atoms with E-state index in [4.69, 9.17) is 4.74 Å². The molecule has 0 aliphatic carbocycles. The summed E-state index contributed by atoms with van der Waals surface area (Å²) in [6, 6.07) is 8.54. The predicted molar refractivity (Wildman–Crippen MR) is 118 cm³/mol. The quantitative estimate of drug-likeness (QED) is 0.386. The van der Waals surface area contributed by atoms with Crippen molar-refractivity contribution in [1.82, 2.24) is 20.4 Å². The van der Waals surface area contributed by atoms with E-state index in [0.717, 1.165) is 37.1 Å². The van der Waals surface area contributed by atoms with E-state index in [0.29, 0.717) is 0 Å². The molecule has 1 aromatic carbocycles. The number of likely N-dealkylation sites (tertiary alicyclic amines) is 1. The van der Waals surface area contributed by atoms with Crippen LogP contribution in [0.25, 0.3) is 0 Å². The van der Waals surface area contributed by atoms with Crippen molar-refractivity contribution < 1.29 is 4.74 Å². The number of benzene rings is 1. The Labute approximate surface area is 171 Å². The van der Waals surface area contributed by atoms with Gasteiger partial charge in [-0.1, -0.05) is 19.1 Å². The lowest BCUT2D eigenvalue weighted by molar-refractivity contribution is 0.191. The third kappa shape index (κ3) is 7.32. The van der Waals surface area contributed by atoms with E-state index in [2.05, 4.69) is 58.6 Å². The highest BCUT2D eigenvalue weighted by molar-refractivity contribution is 5.79. The zero-order chi connectivity index (χ0) is 20.4. The zero-order valence-corrected chi connectivity index (χ0v) is 18.4. The average Bonchev–Trinajstić information content (AvgIpc) is 2.71. The van der Waals surface area contributed by atoms with Crippen molar-refractivity contribution >= 4 is 5.96 Å². The van der Waals surface area contributed by atoms with Gasteiger partial charge in [-0.15, -0.1) is 0 Å². The van der Waals surface area contributed by atoms with Crippen LogP contribution in [0.1, 0.15) is 37.8 Å². The zero-order valence-electron chi connectivity index (χ0n) is 18.4. The van der Waals surface area contributed by atoms with Crippen molar-refractivity contribution in [3.63, 3.8) is 0 Å². The van der Waals surface area contributed by atoms with Gasteiger partial charge in [0, 0.05) is 20.1 Å². The minimum atomic E-state index is 0.264. The molecule has 1 saturated heterocycles. The summed E-state index contributed by atoms with van der Waals surface area (Å²) in [6.07, 6.45) is 3.83. The lowest BCUT2D eigenvalue weighted by Gasteiger charge is -2.30. The number of hydrogen-bond acceptors (Lipinski definition) is 4. The fourth-order valence-electron chi connectivity index (χ4n) is 3.63. The normalized spacial score (nSPS) is 17.6. The van der Waals surface area contributed by atoms with Crippen LogP contribution in [0, 0.1) is 5.92 Å². The first-order valence-corrected chi connectivity index (χ1v) is 10.5. The Morgan fingerprint density at radius 3 is 2.46 bits per heavy atom. The number of aliphatic imine (C=N–C) groups is 1. The highest BCUT2D eigenvalue weighted by Crippen LogP contribution is 2.20. The monoisotopic (exact) mass is 389 g/mol. The van der Waals surface area contributed by atoms with Crippen molar-refractivity contribution in [2.75, 3.05) is 61.0 Å². The molecule has 1 aliphatic heterocycles. The highest BCUT2D eigenvalue weighted by Gasteiger charge is 2.16. The summed E-state index contributed by atoms with van der Waals surface area (Å²) in [5, 5.41) is 6.93. The van der Waals surface area contributed by atoms with Crippen molar-refractivity contribution in [2.45, 2.75) is 32.2 Å². The summed E-state index contributed by atoms with van der Waals surface area (Å²) in [5.41, 5.74) is 1.26. The third-order valence-electron chi connectivity index (χ3n) is 5.63. The molecule has 1 fully saturated rings. The Bertz CT molecular complexity index is 579. The van der Waals surface area contributed by atoms with Gasteiger partial charge >= 0.3 is 0 Å². The third-order valence-corrected chi connectivity index (χ3v) is 5.63. The van der Waals surface area contributed by atoms with Gasteiger partial charge in [0.25, 0.3) is 0 Å². The van der Waals surface area contributed by atoms with Crippen LogP contribution in [0.2, 0.25) is 0 Å². The molecule has 1 aliphatic rings. The Hall–Kier alpha value is -1.79. The van der Waals surface area contributed by atoms with Gasteiger partial charge in [0.05, 0.1) is 13.2 Å². The van der Waals surface area contributed by atoms with Crippen molar-refractivity contribution in [2.24, 2.45) is 10.9 Å². The molecule has 158 valence electrons. The minimum absolute atomic E-state index is 0.264. The number of rotatable bonds is 9. The molecule has 0 amide bonds. The van der Waals surface area contributed by atoms with Crippen molar-refractivity contribution in [3.8, 4) is 5.75 Å². The fraction of sp³-hybridized carbons (Fsp3) is 0.682. The van der Waals surface area contributed by atoms with Crippen LogP contribution < -0.4 is 15.4 Å². The van der Waals surface area contributed by atoms with Crippen LogP contribution in [0.4, 0.5) is 0 Å². The van der Waals surface area contributed by atoms with Gasteiger partial charge in [-0.3, -0.25) is 4.99 Å². The van der Waals surface area contributed by atoms with Crippen LogP contribution in [0.15, 0.2) is 29.3 Å². The second-order valence-electron chi connectivity index (χ2n) is 8.01. The van der Waals surface area contributed by atoms with Crippen LogP contribution >= 0.6 is 0 Å². The largest absolute Gasteiger partial charge is 0.497 e. The summed E-state index contributed by atoms with van der Waals surface area (Å²) in [4.78, 5) is 9.19. The summed E-state index contributed by atoms with van der Waals surface area (Å²) < 4.78 is 5.27. The molecule has 2 N–H and O–H groups in total. The maximum absolute atomic E-state index is 5.27. The lowest BCUT2D eigenvalue weighted by Crippen LogP contribution is -2.42. The number of guanidine groups is 1. The van der Waals surface area contributed by atoms with E-state index in [1.165, 1.54) is 38.0 Å². The summed E-state index contributed by atoms with van der Waals surface area (Å²) >= 11 is 0. The standard InChI is InChI=1S/C22H39N5O/c1-18-11-15-27(16-12-18)14-6-13-24-22(23-2)25-17-21(26(3)4)19-7-9-20(28-5)10-8-19/h7-10,18,21H,6,11-17H2,1-5H3,(H2,23,24,25). The molecule has 0 spiro atoms. The first-order chi connectivity index (χ1) is 13.5. The lowest BCUT2D eigenvalue weighted by atomic mass is 9.99. The van der Waals surface area contributed by atoms with E-state index in [-0.39, 0.29) is 6.04 Å². The van der Waals surface area contributed by atoms with Gasteiger partial charge in [-0.05, 0) is 76.6 Å². The molecular formula is C22H39N5O. The summed E-state index contributed by atoms with van der Waals surface area (Å²) in [7, 11) is 7.74. The van der Waals surface area contributed by atoms with Crippen LogP contribution in [0.3, 0.4) is 0 Å². The van der Waals surface area contributed by atoms with Crippen LogP contribution in [-0.4, -0.2) is 76.7 Å². The molecule has 6 heteroatoms. The second kappa shape index (κ2) is 11.9. The SMILES string of the molecule is CN=C(NCCCN1CCC(C)CC1)NCC(c1ccc(OC)cc1)N(C)C. The molecule has 28 heavy (non-hydrogen) atoms. The molecule has 1 atom stereocenters. The first-order valence-electron chi connectivity index (χ1n) is 10.5. The number of nitrogens with one attached hydrogen (secondary N) is 2. The molecule has 0 aromatic heterocycles. The Morgan fingerprint density at radius 1 is 1.21 bits per heavy atom. The number of ether oxygens (including phenoxy) is 1. The number of methoxy groups -OCH3 is 1. The van der Waals surface area contributed by atoms with E-state index in [9.17, 15) is 0 Å². The molecule has 1 heterocycles. The van der Waals surface area contributed by atoms with Gasteiger partial charge in [-0.2, -0.15) is 0 Å². The molecule has 1 aromatic rings. The molecule has 0 saturated carbocycles. The smallest absolute Gasteiger partial charge is 0.191 e. The maximum Gasteiger partial charge on any atom is 0.191 e. The Balaban J connectivity index is 1.74. The van der Waals surface area contributed by atoms with Gasteiger partial charge in [0.2, 0.25) is 0 Å². The van der Waals surface area contributed by atoms with Gasteiger partial charge < -0.3 is 25.2 Å². The predicted octanol–water partition coefficient (Wildman–Crippen LogP) is 2.58. The number of piperidine rings is 1. The minimum Gasteiger partial charge on any atom is -0.497 e. The Morgan fingerprint density at radius 2 is 1.89 bits per heavy atom. The van der Waals surface area contributed by atoms with Gasteiger partial charge in [0.1, 0.15) is 5.75 Å². The number of nitrogens with zero attached hydrogens (tertiary/aromatic N) is 3.